The molecule has 1 heterocycles. The summed E-state index contributed by atoms with van der Waals surface area (Å²) >= 11 is 5.36. The molecule has 0 aliphatic carbocycles. The van der Waals surface area contributed by atoms with Gasteiger partial charge in [0.25, 0.3) is 0 Å². The van der Waals surface area contributed by atoms with E-state index in [9.17, 15) is 4.39 Å². The van der Waals surface area contributed by atoms with Crippen molar-refractivity contribution in [3.8, 4) is 0 Å². The van der Waals surface area contributed by atoms with Gasteiger partial charge in [-0.2, -0.15) is 0 Å². The molecule has 0 aliphatic rings. The van der Waals surface area contributed by atoms with Gasteiger partial charge in [-0.05, 0) is 18.6 Å². The van der Waals surface area contributed by atoms with E-state index in [4.69, 9.17) is 17.3 Å². The molecule has 0 fully saturated rings. The highest BCUT2D eigenvalue weighted by atomic mass is 35.5. The van der Waals surface area contributed by atoms with Crippen LogP contribution in [0.25, 0.3) is 0 Å². The van der Waals surface area contributed by atoms with Gasteiger partial charge in [0, 0.05) is 12.2 Å². The van der Waals surface area contributed by atoms with Crippen LogP contribution in [-0.2, 0) is 0 Å². The zero-order valence-electron chi connectivity index (χ0n) is 6.01. The predicted octanol–water partition coefficient (Wildman–Crippen LogP) is 1.89. The Bertz CT molecular complexity index is 263. The number of hydrogen-bond donors (Lipinski definition) is 1. The number of halogens is 2. The van der Waals surface area contributed by atoms with Crippen LogP contribution >= 0.6 is 11.6 Å². The maximum atomic E-state index is 12.7. The minimum absolute atomic E-state index is 0.116. The summed E-state index contributed by atoms with van der Waals surface area (Å²) in [6, 6.07) is 1.08. The van der Waals surface area contributed by atoms with E-state index in [1.807, 2.05) is 0 Å². The normalized spacial score (nSPS) is 13.1. The summed E-state index contributed by atoms with van der Waals surface area (Å²) in [5.74, 6) is -0.526. The van der Waals surface area contributed by atoms with Gasteiger partial charge in [-0.15, -0.1) is 0 Å². The van der Waals surface area contributed by atoms with Crippen LogP contribution in [0, 0.1) is 5.82 Å². The Morgan fingerprint density at radius 2 is 2.36 bits per heavy atom. The molecule has 0 spiro atoms. The van der Waals surface area contributed by atoms with Crippen molar-refractivity contribution in [3.05, 3.63) is 28.8 Å². The molecule has 1 aromatic rings. The van der Waals surface area contributed by atoms with Crippen molar-refractivity contribution >= 4 is 11.6 Å². The van der Waals surface area contributed by atoms with Crippen molar-refractivity contribution in [3.63, 3.8) is 0 Å². The lowest BCUT2D eigenvalue weighted by molar-refractivity contribution is 0.615. The van der Waals surface area contributed by atoms with Crippen molar-refractivity contribution in [1.82, 2.24) is 4.98 Å². The Balaban J connectivity index is 3.05. The first-order chi connectivity index (χ1) is 5.11. The van der Waals surface area contributed by atoms with Crippen molar-refractivity contribution < 1.29 is 4.39 Å². The molecule has 0 amide bonds. The first-order valence-corrected chi connectivity index (χ1v) is 3.55. The Labute approximate surface area is 69.2 Å². The molecule has 0 saturated carbocycles. The Hall–Kier alpha value is -0.670. The third-order valence-electron chi connectivity index (χ3n) is 1.34. The summed E-state index contributed by atoms with van der Waals surface area (Å²) in [5.41, 5.74) is 6.13. The smallest absolute Gasteiger partial charge is 0.164 e. The molecule has 4 heteroatoms. The molecular formula is C7H8ClFN2. The van der Waals surface area contributed by atoms with Crippen LogP contribution in [0.5, 0.6) is 0 Å². The van der Waals surface area contributed by atoms with E-state index in [0.717, 1.165) is 0 Å². The van der Waals surface area contributed by atoms with E-state index >= 15 is 0 Å². The molecule has 2 N–H and O–H groups in total. The van der Waals surface area contributed by atoms with Crippen LogP contribution in [-0.4, -0.2) is 4.98 Å². The van der Waals surface area contributed by atoms with Gasteiger partial charge in [0.1, 0.15) is 0 Å². The lowest BCUT2D eigenvalue weighted by Gasteiger charge is -2.04. The number of aromatic nitrogens is 1. The fraction of sp³-hybridized carbons (Fsp3) is 0.286. The van der Waals surface area contributed by atoms with Crippen LogP contribution in [0.1, 0.15) is 18.5 Å². The average Bonchev–Trinajstić information content (AvgIpc) is 1.94. The molecular weight excluding hydrogens is 167 g/mol. The zero-order chi connectivity index (χ0) is 8.43. The Morgan fingerprint density at radius 3 is 2.82 bits per heavy atom. The maximum absolute atomic E-state index is 12.7. The summed E-state index contributed by atoms with van der Waals surface area (Å²) in [6.07, 6.45) is 1.47. The summed E-state index contributed by atoms with van der Waals surface area (Å²) in [6.45, 7) is 1.75. The summed E-state index contributed by atoms with van der Waals surface area (Å²) in [4.78, 5) is 3.61. The van der Waals surface area contributed by atoms with Crippen LogP contribution < -0.4 is 5.73 Å². The van der Waals surface area contributed by atoms with Gasteiger partial charge in [0.2, 0.25) is 0 Å². The van der Waals surface area contributed by atoms with E-state index in [2.05, 4.69) is 4.98 Å². The van der Waals surface area contributed by atoms with Crippen molar-refractivity contribution in [2.24, 2.45) is 5.73 Å². The fourth-order valence-corrected chi connectivity index (χ4v) is 0.788. The lowest BCUT2D eigenvalue weighted by Crippen LogP contribution is -2.05. The largest absolute Gasteiger partial charge is 0.324 e. The number of nitrogens with two attached hydrogens (primary N) is 1. The molecule has 0 aliphatic heterocycles. The molecule has 1 rings (SSSR count). The number of pyridine rings is 1. The van der Waals surface area contributed by atoms with E-state index in [1.54, 1.807) is 6.92 Å². The third kappa shape index (κ3) is 1.88. The Morgan fingerprint density at radius 1 is 1.73 bits per heavy atom. The first-order valence-electron chi connectivity index (χ1n) is 3.18. The molecule has 60 valence electrons. The molecule has 0 saturated heterocycles. The van der Waals surface area contributed by atoms with Gasteiger partial charge in [-0.25, -0.2) is 9.37 Å². The van der Waals surface area contributed by atoms with Gasteiger partial charge in [-0.1, -0.05) is 11.6 Å². The Kier molecular flexibility index (Phi) is 2.42. The summed E-state index contributed by atoms with van der Waals surface area (Å²) in [5, 5.41) is -0.116. The monoisotopic (exact) mass is 174 g/mol. The lowest BCUT2D eigenvalue weighted by atomic mass is 10.2. The zero-order valence-corrected chi connectivity index (χ0v) is 6.77. The van der Waals surface area contributed by atoms with Gasteiger partial charge >= 0.3 is 0 Å². The van der Waals surface area contributed by atoms with E-state index in [-0.39, 0.29) is 11.2 Å². The summed E-state index contributed by atoms with van der Waals surface area (Å²) in [7, 11) is 0. The van der Waals surface area contributed by atoms with Crippen LogP contribution in [0.4, 0.5) is 4.39 Å². The second-order valence-electron chi connectivity index (χ2n) is 2.33. The third-order valence-corrected chi connectivity index (χ3v) is 1.62. The highest BCUT2D eigenvalue weighted by Crippen LogP contribution is 2.15. The second-order valence-corrected chi connectivity index (χ2v) is 2.69. The van der Waals surface area contributed by atoms with Gasteiger partial charge in [0.15, 0.2) is 11.0 Å². The molecule has 1 atom stereocenters. The minimum Gasteiger partial charge on any atom is -0.324 e. The molecule has 0 aromatic carbocycles. The van der Waals surface area contributed by atoms with E-state index < -0.39 is 5.82 Å². The van der Waals surface area contributed by atoms with Crippen molar-refractivity contribution in [1.29, 1.82) is 0 Å². The molecule has 11 heavy (non-hydrogen) atoms. The van der Waals surface area contributed by atoms with Crippen molar-refractivity contribution in [2.45, 2.75) is 13.0 Å². The van der Waals surface area contributed by atoms with Crippen LogP contribution in [0.2, 0.25) is 5.15 Å². The molecule has 0 radical (unpaired) electrons. The highest BCUT2D eigenvalue weighted by molar-refractivity contribution is 6.29. The topological polar surface area (TPSA) is 38.9 Å². The first kappa shape index (κ1) is 8.43. The number of hydrogen-bond acceptors (Lipinski definition) is 2. The fourth-order valence-electron chi connectivity index (χ4n) is 0.685. The van der Waals surface area contributed by atoms with Crippen LogP contribution in [0.3, 0.4) is 0 Å². The van der Waals surface area contributed by atoms with E-state index in [1.165, 1.54) is 12.3 Å². The second kappa shape index (κ2) is 3.15. The average molecular weight is 175 g/mol. The van der Waals surface area contributed by atoms with E-state index in [0.29, 0.717) is 5.56 Å². The maximum Gasteiger partial charge on any atom is 0.164 e. The SMILES string of the molecule is CC(N)c1cnc(Cl)c(F)c1. The minimum atomic E-state index is -0.526. The van der Waals surface area contributed by atoms with Crippen LogP contribution in [0.15, 0.2) is 12.3 Å². The molecule has 1 unspecified atom stereocenters. The molecule has 2 nitrogen and oxygen atoms in total. The number of nitrogens with zero attached hydrogens (tertiary/aromatic N) is 1. The molecule has 1 aromatic heterocycles. The summed E-state index contributed by atoms with van der Waals surface area (Å²) < 4.78 is 12.7. The number of rotatable bonds is 1. The van der Waals surface area contributed by atoms with Gasteiger partial charge in [0.05, 0.1) is 0 Å². The molecule has 0 bridgehead atoms. The standard InChI is InChI=1S/C7H8ClFN2/c1-4(10)5-2-6(9)7(8)11-3-5/h2-4H,10H2,1H3. The van der Waals surface area contributed by atoms with Gasteiger partial charge < -0.3 is 5.73 Å². The van der Waals surface area contributed by atoms with Crippen molar-refractivity contribution in [2.75, 3.05) is 0 Å². The predicted molar refractivity (Wildman–Crippen MR) is 41.8 cm³/mol. The van der Waals surface area contributed by atoms with Gasteiger partial charge in [-0.3, -0.25) is 0 Å². The quantitative estimate of drug-likeness (QED) is 0.661. The highest BCUT2D eigenvalue weighted by Gasteiger charge is 2.04.